The first-order valence-corrected chi connectivity index (χ1v) is 9.50. The van der Waals surface area contributed by atoms with Gasteiger partial charge in [0.25, 0.3) is 5.91 Å². The molecule has 3 aromatic rings. The number of hydrogen-bond acceptors (Lipinski definition) is 5. The highest BCUT2D eigenvalue weighted by Crippen LogP contribution is 2.25. The second-order valence-electron chi connectivity index (χ2n) is 6.00. The fourth-order valence-corrected chi connectivity index (χ4v) is 3.25. The van der Waals surface area contributed by atoms with Gasteiger partial charge < -0.3 is 10.4 Å². The Morgan fingerprint density at radius 3 is 2.36 bits per heavy atom. The number of aromatic nitrogens is 2. The van der Waals surface area contributed by atoms with Crippen molar-refractivity contribution in [3.8, 4) is 0 Å². The molecule has 1 amide bonds. The molecule has 0 radical (unpaired) electrons. The number of halogens is 1. The lowest BCUT2D eigenvalue weighted by atomic mass is 10.1. The van der Waals surface area contributed by atoms with Crippen LogP contribution >= 0.6 is 22.9 Å². The summed E-state index contributed by atoms with van der Waals surface area (Å²) in [6.45, 7) is 2.40. The maximum Gasteiger partial charge on any atom is 0.335 e. The monoisotopic (exact) mass is 413 g/mol. The van der Waals surface area contributed by atoms with Crippen molar-refractivity contribution in [1.82, 2.24) is 15.5 Å². The summed E-state index contributed by atoms with van der Waals surface area (Å²) in [6, 6.07) is 14.1. The predicted octanol–water partition coefficient (Wildman–Crippen LogP) is 4.21. The molecule has 0 saturated heterocycles. The molecule has 0 bridgehead atoms. The molecule has 0 unspecified atom stereocenters. The van der Waals surface area contributed by atoms with Gasteiger partial charge in [-0.3, -0.25) is 4.79 Å². The Morgan fingerprint density at radius 1 is 1.07 bits per heavy atom. The summed E-state index contributed by atoms with van der Waals surface area (Å²) in [5.41, 5.74) is 3.06. The zero-order valence-electron chi connectivity index (χ0n) is 14.8. The Kier molecular flexibility index (Phi) is 6.18. The molecule has 0 saturated carbocycles. The number of carboxylic acid groups (broad SMARTS) is 1. The van der Waals surface area contributed by atoms with E-state index in [0.29, 0.717) is 16.6 Å². The molecule has 0 aliphatic rings. The van der Waals surface area contributed by atoms with E-state index in [-0.39, 0.29) is 16.5 Å². The van der Waals surface area contributed by atoms with Gasteiger partial charge in [-0.15, -0.1) is 10.2 Å². The van der Waals surface area contributed by atoms with E-state index in [0.717, 1.165) is 28.0 Å². The second-order valence-corrected chi connectivity index (χ2v) is 7.38. The first-order chi connectivity index (χ1) is 13.4. The maximum atomic E-state index is 12.3. The van der Waals surface area contributed by atoms with E-state index in [9.17, 15) is 9.59 Å². The number of aryl methyl sites for hydroxylation is 1. The number of hydrogen-bond donors (Lipinski definition) is 2. The second kappa shape index (κ2) is 8.77. The Balaban J connectivity index is 1.65. The predicted molar refractivity (Wildman–Crippen MR) is 109 cm³/mol. The average molecular weight is 414 g/mol. The summed E-state index contributed by atoms with van der Waals surface area (Å²) in [4.78, 5) is 23.1. The summed E-state index contributed by atoms with van der Waals surface area (Å²) < 4.78 is 0. The molecule has 2 aromatic carbocycles. The lowest BCUT2D eigenvalue weighted by molar-refractivity contribution is 0.0696. The molecular weight excluding hydrogens is 398 g/mol. The van der Waals surface area contributed by atoms with Crippen LogP contribution in [0.25, 0.3) is 11.1 Å². The van der Waals surface area contributed by atoms with E-state index in [2.05, 4.69) is 15.5 Å². The van der Waals surface area contributed by atoms with Crippen molar-refractivity contribution in [2.45, 2.75) is 13.5 Å². The van der Waals surface area contributed by atoms with Crippen molar-refractivity contribution in [1.29, 1.82) is 0 Å². The molecule has 1 heterocycles. The molecule has 28 heavy (non-hydrogen) atoms. The molecule has 8 heteroatoms. The highest BCUT2D eigenvalue weighted by atomic mass is 35.5. The summed E-state index contributed by atoms with van der Waals surface area (Å²) >= 11 is 7.36. The van der Waals surface area contributed by atoms with E-state index in [1.165, 1.54) is 12.1 Å². The Hall–Kier alpha value is -3.03. The number of carboxylic acids is 1. The van der Waals surface area contributed by atoms with Crippen LogP contribution in [0.15, 0.2) is 48.5 Å². The molecule has 6 nitrogen and oxygen atoms in total. The number of carbonyl (C=O) groups excluding carboxylic acids is 1. The average Bonchev–Trinajstić information content (AvgIpc) is 3.18. The zero-order valence-corrected chi connectivity index (χ0v) is 16.4. The van der Waals surface area contributed by atoms with Crippen molar-refractivity contribution >= 4 is 45.9 Å². The van der Waals surface area contributed by atoms with Crippen molar-refractivity contribution in [2.24, 2.45) is 0 Å². The van der Waals surface area contributed by atoms with Gasteiger partial charge in [-0.2, -0.15) is 0 Å². The van der Waals surface area contributed by atoms with Crippen LogP contribution in [-0.2, 0) is 6.54 Å². The smallest absolute Gasteiger partial charge is 0.335 e. The van der Waals surface area contributed by atoms with Crippen LogP contribution in [0.1, 0.15) is 41.9 Å². The highest BCUT2D eigenvalue weighted by molar-refractivity contribution is 7.15. The topological polar surface area (TPSA) is 92.2 Å². The third-order valence-corrected chi connectivity index (χ3v) is 5.20. The minimum absolute atomic E-state index is 0.191. The molecule has 0 fully saturated rings. The molecule has 1 aromatic heterocycles. The van der Waals surface area contributed by atoms with Crippen molar-refractivity contribution < 1.29 is 14.7 Å². The third kappa shape index (κ3) is 5.03. The normalized spacial score (nSPS) is 11.3. The molecular formula is C20H16ClN3O3S. The van der Waals surface area contributed by atoms with E-state index in [1.807, 2.05) is 31.2 Å². The minimum Gasteiger partial charge on any atom is -0.478 e. The zero-order chi connectivity index (χ0) is 20.1. The molecule has 2 N–H and O–H groups in total. The quantitative estimate of drug-likeness (QED) is 0.631. The molecule has 142 valence electrons. The van der Waals surface area contributed by atoms with Crippen LogP contribution in [0.4, 0.5) is 0 Å². The van der Waals surface area contributed by atoms with E-state index >= 15 is 0 Å². The molecule has 0 aliphatic heterocycles. The number of rotatable bonds is 6. The van der Waals surface area contributed by atoms with Crippen LogP contribution in [0.3, 0.4) is 0 Å². The summed E-state index contributed by atoms with van der Waals surface area (Å²) in [6.07, 6.45) is 1.64. The van der Waals surface area contributed by atoms with Gasteiger partial charge >= 0.3 is 5.97 Å². The van der Waals surface area contributed by atoms with Gasteiger partial charge in [0.1, 0.15) is 0 Å². The largest absolute Gasteiger partial charge is 0.478 e. The molecule has 0 spiro atoms. The van der Waals surface area contributed by atoms with Crippen LogP contribution in [0, 0.1) is 6.92 Å². The van der Waals surface area contributed by atoms with Crippen LogP contribution in [-0.4, -0.2) is 27.2 Å². The van der Waals surface area contributed by atoms with E-state index in [1.54, 1.807) is 18.2 Å². The lowest BCUT2D eigenvalue weighted by Gasteiger charge is -2.03. The Bertz CT molecular complexity index is 1030. The SMILES string of the molecule is Cc1ccc(CNC(=O)c2nnc(C(Cl)=Cc3ccc(C(=O)O)cc3)s2)cc1. The minimum atomic E-state index is -0.993. The van der Waals surface area contributed by atoms with E-state index in [4.69, 9.17) is 16.7 Å². The number of carbonyl (C=O) groups is 2. The van der Waals surface area contributed by atoms with Gasteiger partial charge in [0.2, 0.25) is 5.01 Å². The van der Waals surface area contributed by atoms with Gasteiger partial charge in [0.15, 0.2) is 5.01 Å². The number of amides is 1. The van der Waals surface area contributed by atoms with Gasteiger partial charge in [-0.25, -0.2) is 4.79 Å². The summed E-state index contributed by atoms with van der Waals surface area (Å²) in [7, 11) is 0. The molecule has 0 atom stereocenters. The number of aromatic carboxylic acids is 1. The lowest BCUT2D eigenvalue weighted by Crippen LogP contribution is -2.22. The Labute approximate surface area is 170 Å². The molecule has 0 aliphatic carbocycles. The first kappa shape index (κ1) is 19.7. The fraction of sp³-hybridized carbons (Fsp3) is 0.100. The van der Waals surface area contributed by atoms with E-state index < -0.39 is 5.97 Å². The summed E-state index contributed by atoms with van der Waals surface area (Å²) in [5.74, 6) is -1.31. The maximum absolute atomic E-state index is 12.3. The third-order valence-electron chi connectivity index (χ3n) is 3.85. The fourth-order valence-electron chi connectivity index (χ4n) is 2.31. The standard InChI is InChI=1S/C20H16ClN3O3S/c1-12-2-4-14(5-3-12)11-22-17(25)19-24-23-18(28-19)16(21)10-13-6-8-15(9-7-13)20(26)27/h2-10H,11H2,1H3,(H,22,25)(H,26,27). The molecule has 3 rings (SSSR count). The van der Waals surface area contributed by atoms with Gasteiger partial charge in [0, 0.05) is 6.54 Å². The van der Waals surface area contributed by atoms with Gasteiger partial charge in [-0.1, -0.05) is 64.9 Å². The summed E-state index contributed by atoms with van der Waals surface area (Å²) in [5, 5.41) is 20.5. The first-order valence-electron chi connectivity index (χ1n) is 8.30. The van der Waals surface area contributed by atoms with Crippen molar-refractivity contribution in [2.75, 3.05) is 0 Å². The number of nitrogens with one attached hydrogen (secondary N) is 1. The van der Waals surface area contributed by atoms with Gasteiger partial charge in [0.05, 0.1) is 10.6 Å². The van der Waals surface area contributed by atoms with Crippen LogP contribution in [0.5, 0.6) is 0 Å². The van der Waals surface area contributed by atoms with Gasteiger partial charge in [-0.05, 0) is 36.3 Å². The number of benzene rings is 2. The Morgan fingerprint density at radius 2 is 1.71 bits per heavy atom. The highest BCUT2D eigenvalue weighted by Gasteiger charge is 2.14. The van der Waals surface area contributed by atoms with Crippen LogP contribution < -0.4 is 5.32 Å². The van der Waals surface area contributed by atoms with Crippen molar-refractivity contribution in [3.63, 3.8) is 0 Å². The van der Waals surface area contributed by atoms with Crippen molar-refractivity contribution in [3.05, 3.63) is 80.8 Å². The number of nitrogens with zero attached hydrogens (tertiary/aromatic N) is 2. The van der Waals surface area contributed by atoms with Crippen LogP contribution in [0.2, 0.25) is 0 Å².